The molecule has 5 nitrogen and oxygen atoms in total. The van der Waals surface area contributed by atoms with E-state index in [4.69, 9.17) is 9.15 Å². The molecule has 2 N–H and O–H groups in total. The number of carbonyl (C=O) groups is 1. The molecule has 0 spiro atoms. The van der Waals surface area contributed by atoms with Gasteiger partial charge in [0.15, 0.2) is 18.2 Å². The minimum atomic E-state index is -0.863. The summed E-state index contributed by atoms with van der Waals surface area (Å²) >= 11 is 0. The highest BCUT2D eigenvalue weighted by Crippen LogP contribution is 2.22. The highest BCUT2D eigenvalue weighted by Gasteiger charge is 2.11. The minimum absolute atomic E-state index is 0.0108. The number of aliphatic hydroxyl groups is 1. The molecule has 6 heteroatoms. The van der Waals surface area contributed by atoms with E-state index in [1.165, 1.54) is 18.2 Å². The van der Waals surface area contributed by atoms with Crippen LogP contribution in [-0.4, -0.2) is 24.2 Å². The number of halogens is 1. The maximum Gasteiger partial charge on any atom is 0.258 e. The van der Waals surface area contributed by atoms with Gasteiger partial charge in [-0.1, -0.05) is 36.4 Å². The molecule has 134 valence electrons. The molecule has 26 heavy (non-hydrogen) atoms. The summed E-state index contributed by atoms with van der Waals surface area (Å²) in [5, 5.41) is 12.7. The Morgan fingerprint density at radius 2 is 1.88 bits per heavy atom. The fraction of sp³-hybridized carbons (Fsp3) is 0.150. The molecule has 3 aromatic rings. The van der Waals surface area contributed by atoms with Gasteiger partial charge in [0.05, 0.1) is 12.4 Å². The average Bonchev–Trinajstić information content (AvgIpc) is 3.20. The van der Waals surface area contributed by atoms with E-state index >= 15 is 0 Å². The number of benzene rings is 2. The van der Waals surface area contributed by atoms with Crippen molar-refractivity contribution in [1.82, 2.24) is 5.32 Å². The molecule has 0 aliphatic carbocycles. The largest absolute Gasteiger partial charge is 0.481 e. The van der Waals surface area contributed by atoms with Gasteiger partial charge in [0.1, 0.15) is 5.76 Å². The Bertz CT molecular complexity index is 847. The highest BCUT2D eigenvalue weighted by molar-refractivity contribution is 5.77. The third kappa shape index (κ3) is 4.49. The Kier molecular flexibility index (Phi) is 5.66. The Balaban J connectivity index is 1.48. The molecule has 1 heterocycles. The predicted octanol–water partition coefficient (Wildman–Crippen LogP) is 3.31. The zero-order valence-electron chi connectivity index (χ0n) is 13.9. The summed E-state index contributed by atoms with van der Waals surface area (Å²) in [6.45, 7) is -0.301. The van der Waals surface area contributed by atoms with Gasteiger partial charge in [0, 0.05) is 12.1 Å². The molecular weight excluding hydrogens is 337 g/mol. The van der Waals surface area contributed by atoms with Crippen LogP contribution in [0.5, 0.6) is 5.75 Å². The molecule has 1 amide bonds. The van der Waals surface area contributed by atoms with Crippen molar-refractivity contribution in [2.75, 3.05) is 13.2 Å². The van der Waals surface area contributed by atoms with Crippen LogP contribution >= 0.6 is 0 Å². The first kappa shape index (κ1) is 17.7. The van der Waals surface area contributed by atoms with Gasteiger partial charge in [-0.2, -0.15) is 0 Å². The second-order valence-corrected chi connectivity index (χ2v) is 5.64. The highest BCUT2D eigenvalue weighted by atomic mass is 19.1. The van der Waals surface area contributed by atoms with Crippen LogP contribution < -0.4 is 10.1 Å². The van der Waals surface area contributed by atoms with Gasteiger partial charge in [0.2, 0.25) is 0 Å². The molecule has 2 aromatic carbocycles. The first-order valence-electron chi connectivity index (χ1n) is 8.09. The zero-order chi connectivity index (χ0) is 18.4. The normalized spacial score (nSPS) is 11.8. The topological polar surface area (TPSA) is 71.7 Å². The molecule has 0 fully saturated rings. The summed E-state index contributed by atoms with van der Waals surface area (Å²) < 4.78 is 23.8. The van der Waals surface area contributed by atoms with Crippen molar-refractivity contribution < 1.29 is 23.4 Å². The van der Waals surface area contributed by atoms with E-state index in [1.807, 2.05) is 18.2 Å². The standard InChI is InChI=1S/C20H18FNO4/c21-16-4-1-2-5-19(16)26-13-20(24)22-12-17(23)14-7-9-15(10-8-14)18-6-3-11-25-18/h1-11,17,23H,12-13H2,(H,22,24)/t17-/m1/s1. The lowest BCUT2D eigenvalue weighted by molar-refractivity contribution is -0.123. The smallest absolute Gasteiger partial charge is 0.258 e. The van der Waals surface area contributed by atoms with Crippen molar-refractivity contribution in [3.05, 3.63) is 78.3 Å². The predicted molar refractivity (Wildman–Crippen MR) is 94.0 cm³/mol. The number of nitrogens with one attached hydrogen (secondary N) is 1. The fourth-order valence-electron chi connectivity index (χ4n) is 2.40. The Morgan fingerprint density at radius 3 is 2.58 bits per heavy atom. The number of para-hydroxylation sites is 1. The van der Waals surface area contributed by atoms with Gasteiger partial charge in [-0.25, -0.2) is 4.39 Å². The first-order valence-corrected chi connectivity index (χ1v) is 8.09. The van der Waals surface area contributed by atoms with E-state index in [0.29, 0.717) is 5.56 Å². The van der Waals surface area contributed by atoms with Crippen molar-refractivity contribution in [3.8, 4) is 17.1 Å². The Morgan fingerprint density at radius 1 is 1.12 bits per heavy atom. The van der Waals surface area contributed by atoms with E-state index in [9.17, 15) is 14.3 Å². The number of furan rings is 1. The van der Waals surface area contributed by atoms with Crippen LogP contribution in [0.1, 0.15) is 11.7 Å². The van der Waals surface area contributed by atoms with E-state index in [2.05, 4.69) is 5.32 Å². The number of amides is 1. The van der Waals surface area contributed by atoms with E-state index in [1.54, 1.807) is 30.5 Å². The maximum absolute atomic E-state index is 13.4. The van der Waals surface area contributed by atoms with E-state index in [0.717, 1.165) is 11.3 Å². The summed E-state index contributed by atoms with van der Waals surface area (Å²) in [5.41, 5.74) is 1.56. The quantitative estimate of drug-likeness (QED) is 0.682. The van der Waals surface area contributed by atoms with Crippen molar-refractivity contribution in [2.24, 2.45) is 0 Å². The minimum Gasteiger partial charge on any atom is -0.481 e. The third-order valence-corrected chi connectivity index (χ3v) is 3.79. The molecule has 0 saturated heterocycles. The van der Waals surface area contributed by atoms with Crippen molar-refractivity contribution in [3.63, 3.8) is 0 Å². The lowest BCUT2D eigenvalue weighted by Crippen LogP contribution is -2.32. The molecule has 1 atom stereocenters. The van der Waals surface area contributed by atoms with Crippen LogP contribution in [-0.2, 0) is 4.79 Å². The summed E-state index contributed by atoms with van der Waals surface area (Å²) in [5.74, 6) is -0.224. The number of rotatable bonds is 7. The molecule has 0 saturated carbocycles. The van der Waals surface area contributed by atoms with Gasteiger partial charge in [-0.3, -0.25) is 4.79 Å². The molecule has 0 aliphatic rings. The van der Waals surface area contributed by atoms with E-state index < -0.39 is 17.8 Å². The lowest BCUT2D eigenvalue weighted by atomic mass is 10.1. The van der Waals surface area contributed by atoms with Gasteiger partial charge in [-0.15, -0.1) is 0 Å². The van der Waals surface area contributed by atoms with Gasteiger partial charge in [0.25, 0.3) is 5.91 Å². The summed E-state index contributed by atoms with van der Waals surface area (Å²) in [4.78, 5) is 11.8. The molecule has 0 bridgehead atoms. The van der Waals surface area contributed by atoms with Crippen LogP contribution in [0.4, 0.5) is 4.39 Å². The average molecular weight is 355 g/mol. The second kappa shape index (κ2) is 8.31. The van der Waals surface area contributed by atoms with Crippen molar-refractivity contribution >= 4 is 5.91 Å². The molecule has 1 aromatic heterocycles. The molecule has 0 unspecified atom stereocenters. The van der Waals surface area contributed by atoms with E-state index in [-0.39, 0.29) is 18.9 Å². The van der Waals surface area contributed by atoms with Gasteiger partial charge in [-0.05, 0) is 29.8 Å². The van der Waals surface area contributed by atoms with Crippen LogP contribution in [0.3, 0.4) is 0 Å². The Labute approximate surface area is 150 Å². The zero-order valence-corrected chi connectivity index (χ0v) is 13.9. The monoisotopic (exact) mass is 355 g/mol. The van der Waals surface area contributed by atoms with Gasteiger partial charge >= 0.3 is 0 Å². The van der Waals surface area contributed by atoms with Crippen molar-refractivity contribution in [1.29, 1.82) is 0 Å². The molecule has 0 aliphatic heterocycles. The van der Waals surface area contributed by atoms with Gasteiger partial charge < -0.3 is 19.6 Å². The Hall–Kier alpha value is -3.12. The summed E-state index contributed by atoms with van der Waals surface area (Å²) in [6.07, 6.45) is 0.731. The molecule has 3 rings (SSSR count). The lowest BCUT2D eigenvalue weighted by Gasteiger charge is -2.13. The van der Waals surface area contributed by atoms with Crippen molar-refractivity contribution in [2.45, 2.75) is 6.10 Å². The number of ether oxygens (including phenoxy) is 1. The fourth-order valence-corrected chi connectivity index (χ4v) is 2.40. The number of hydrogen-bond donors (Lipinski definition) is 2. The number of carbonyl (C=O) groups excluding carboxylic acids is 1. The van der Waals surface area contributed by atoms with Crippen LogP contribution in [0.25, 0.3) is 11.3 Å². The van der Waals surface area contributed by atoms with Crippen LogP contribution in [0.15, 0.2) is 71.3 Å². The maximum atomic E-state index is 13.4. The summed E-state index contributed by atoms with van der Waals surface area (Å²) in [7, 11) is 0. The molecular formula is C20H18FNO4. The SMILES string of the molecule is O=C(COc1ccccc1F)NC[C@@H](O)c1ccc(-c2ccco2)cc1. The third-order valence-electron chi connectivity index (χ3n) is 3.79. The molecule has 0 radical (unpaired) electrons. The van der Waals surface area contributed by atoms with Crippen LogP contribution in [0.2, 0.25) is 0 Å². The first-order chi connectivity index (χ1) is 12.6. The number of hydrogen-bond acceptors (Lipinski definition) is 4. The van der Waals surface area contributed by atoms with Crippen LogP contribution in [0, 0.1) is 5.82 Å². The number of aliphatic hydroxyl groups excluding tert-OH is 1. The summed E-state index contributed by atoms with van der Waals surface area (Å²) in [6, 6.07) is 16.7. The second-order valence-electron chi connectivity index (χ2n) is 5.64.